The molecule has 1 aliphatic heterocycles. The fourth-order valence-electron chi connectivity index (χ4n) is 2.79. The summed E-state index contributed by atoms with van der Waals surface area (Å²) in [7, 11) is 0. The summed E-state index contributed by atoms with van der Waals surface area (Å²) in [6.45, 7) is 3.74. The van der Waals surface area contributed by atoms with Crippen molar-refractivity contribution < 1.29 is 24.2 Å². The van der Waals surface area contributed by atoms with Crippen LogP contribution in [-0.4, -0.2) is 60.6 Å². The first-order chi connectivity index (χ1) is 12.6. The van der Waals surface area contributed by atoms with Crippen LogP contribution in [0.4, 0.5) is 0 Å². The number of hydrogen-bond donors (Lipinski definition) is 2. The molecule has 1 heterocycles. The third kappa shape index (κ3) is 8.11. The molecule has 0 aromatic heterocycles. The maximum Gasteiger partial charge on any atom is 0.323 e. The van der Waals surface area contributed by atoms with Crippen LogP contribution in [0.25, 0.3) is 0 Å². The van der Waals surface area contributed by atoms with Crippen molar-refractivity contribution in [3.63, 3.8) is 0 Å². The number of esters is 1. The summed E-state index contributed by atoms with van der Waals surface area (Å²) in [6, 6.07) is 9.58. The average Bonchev–Trinajstić information content (AvgIpc) is 3.18. The van der Waals surface area contributed by atoms with Crippen molar-refractivity contribution >= 4 is 18.3 Å². The lowest BCUT2D eigenvalue weighted by molar-refractivity contribution is -0.146. The Bertz CT molecular complexity index is 544. The molecule has 144 valence electrons. The Morgan fingerprint density at radius 2 is 1.88 bits per heavy atom. The Hall–Kier alpha value is -2.41. The number of aryl methyl sites for hydroxylation is 1. The van der Waals surface area contributed by atoms with Crippen LogP contribution in [0, 0.1) is 0 Å². The van der Waals surface area contributed by atoms with Gasteiger partial charge in [-0.1, -0.05) is 30.3 Å². The quantitative estimate of drug-likeness (QED) is 0.536. The highest BCUT2D eigenvalue weighted by Crippen LogP contribution is 2.09. The second kappa shape index (κ2) is 12.9. The Balaban J connectivity index is 0.00000105. The van der Waals surface area contributed by atoms with Crippen molar-refractivity contribution in [2.75, 3.05) is 26.2 Å². The summed E-state index contributed by atoms with van der Waals surface area (Å²) in [5.41, 5.74) is 1.18. The van der Waals surface area contributed by atoms with E-state index < -0.39 is 6.04 Å². The van der Waals surface area contributed by atoms with Gasteiger partial charge in [-0.15, -0.1) is 0 Å². The predicted molar refractivity (Wildman–Crippen MR) is 97.7 cm³/mol. The number of rotatable bonds is 8. The van der Waals surface area contributed by atoms with Gasteiger partial charge in [-0.25, -0.2) is 0 Å². The highest BCUT2D eigenvalue weighted by Gasteiger charge is 2.23. The van der Waals surface area contributed by atoms with Gasteiger partial charge in [0.25, 0.3) is 6.47 Å². The molecule has 1 fully saturated rings. The van der Waals surface area contributed by atoms with Crippen molar-refractivity contribution in [3.05, 3.63) is 35.9 Å². The molecule has 0 spiro atoms. The molecule has 2 rings (SSSR count). The van der Waals surface area contributed by atoms with E-state index in [1.165, 1.54) is 5.56 Å². The first-order valence-electron chi connectivity index (χ1n) is 8.92. The van der Waals surface area contributed by atoms with Crippen LogP contribution in [-0.2, 0) is 25.5 Å². The number of nitrogens with zero attached hydrogens (tertiary/aromatic N) is 1. The van der Waals surface area contributed by atoms with Crippen LogP contribution in [0.3, 0.4) is 0 Å². The molecule has 1 aliphatic rings. The number of carboxylic acid groups (broad SMARTS) is 1. The molecule has 1 unspecified atom stereocenters. The van der Waals surface area contributed by atoms with E-state index in [1.54, 1.807) is 6.92 Å². The van der Waals surface area contributed by atoms with Gasteiger partial charge in [0, 0.05) is 13.1 Å². The molecule has 0 saturated carbocycles. The zero-order chi connectivity index (χ0) is 19.2. The fraction of sp³-hybridized carbons (Fsp3) is 0.526. The molecule has 7 heteroatoms. The number of likely N-dealkylation sites (tertiary alicyclic amines) is 1. The third-order valence-corrected chi connectivity index (χ3v) is 4.09. The molecule has 0 bridgehead atoms. The summed E-state index contributed by atoms with van der Waals surface area (Å²) < 4.78 is 5.12. The predicted octanol–water partition coefficient (Wildman–Crippen LogP) is 1.46. The van der Waals surface area contributed by atoms with Crippen molar-refractivity contribution in [2.24, 2.45) is 0 Å². The van der Waals surface area contributed by atoms with Crippen molar-refractivity contribution in [3.8, 4) is 0 Å². The number of hydrogen-bond acceptors (Lipinski definition) is 5. The minimum absolute atomic E-state index is 0.0662. The van der Waals surface area contributed by atoms with E-state index in [9.17, 15) is 9.59 Å². The zero-order valence-electron chi connectivity index (χ0n) is 15.2. The molecule has 1 aromatic carbocycles. The molecule has 1 aromatic rings. The molecule has 0 radical (unpaired) electrons. The largest absolute Gasteiger partial charge is 0.483 e. The minimum Gasteiger partial charge on any atom is -0.483 e. The normalized spacial score (nSPS) is 14.1. The van der Waals surface area contributed by atoms with E-state index in [2.05, 4.69) is 5.32 Å². The molecule has 0 aliphatic carbocycles. The number of nitrogens with one attached hydrogen (secondary N) is 1. The Morgan fingerprint density at radius 3 is 2.46 bits per heavy atom. The van der Waals surface area contributed by atoms with E-state index in [-0.39, 0.29) is 24.9 Å². The van der Waals surface area contributed by atoms with E-state index in [0.29, 0.717) is 13.0 Å². The second-order valence-corrected chi connectivity index (χ2v) is 5.90. The van der Waals surface area contributed by atoms with Crippen LogP contribution in [0.2, 0.25) is 0 Å². The molecule has 7 nitrogen and oxygen atoms in total. The van der Waals surface area contributed by atoms with E-state index in [0.717, 1.165) is 32.4 Å². The van der Waals surface area contributed by atoms with Gasteiger partial charge >= 0.3 is 5.97 Å². The molecule has 2 N–H and O–H groups in total. The smallest absolute Gasteiger partial charge is 0.323 e. The average molecular weight is 364 g/mol. The summed E-state index contributed by atoms with van der Waals surface area (Å²) >= 11 is 0. The maximum absolute atomic E-state index is 12.1. The first-order valence-corrected chi connectivity index (χ1v) is 8.92. The van der Waals surface area contributed by atoms with Crippen molar-refractivity contribution in [1.82, 2.24) is 10.2 Å². The van der Waals surface area contributed by atoms with E-state index in [1.807, 2.05) is 35.2 Å². The van der Waals surface area contributed by atoms with Gasteiger partial charge < -0.3 is 14.7 Å². The lowest BCUT2D eigenvalue weighted by Crippen LogP contribution is -2.44. The second-order valence-electron chi connectivity index (χ2n) is 5.90. The van der Waals surface area contributed by atoms with Gasteiger partial charge in [-0.2, -0.15) is 0 Å². The standard InChI is InChI=1S/C18H26N2O3.CH2O2/c1-2-23-18(22)16(11-10-15-8-4-3-5-9-15)19-14-17(21)20-12-6-7-13-20;2-1-3/h3-5,8-9,16,19H,2,6-7,10-14H2,1H3;1H,(H,2,3). The molecule has 1 saturated heterocycles. The number of ether oxygens (including phenoxy) is 1. The lowest BCUT2D eigenvalue weighted by Gasteiger charge is -2.20. The number of carbonyl (C=O) groups is 3. The highest BCUT2D eigenvalue weighted by atomic mass is 16.5. The van der Waals surface area contributed by atoms with Gasteiger partial charge in [0.1, 0.15) is 6.04 Å². The van der Waals surface area contributed by atoms with Crippen molar-refractivity contribution in [2.45, 2.75) is 38.6 Å². The number of benzene rings is 1. The van der Waals surface area contributed by atoms with Crippen LogP contribution in [0.5, 0.6) is 0 Å². The summed E-state index contributed by atoms with van der Waals surface area (Å²) in [5, 5.41) is 9.97. The first kappa shape index (κ1) is 21.6. The van der Waals surface area contributed by atoms with E-state index in [4.69, 9.17) is 14.6 Å². The molecule has 1 amide bonds. The SMILES string of the molecule is CCOC(=O)C(CCc1ccccc1)NCC(=O)N1CCCC1.O=CO. The van der Waals surface area contributed by atoms with Crippen molar-refractivity contribution in [1.29, 1.82) is 0 Å². The summed E-state index contributed by atoms with van der Waals surface area (Å²) in [6.07, 6.45) is 3.54. The zero-order valence-corrected chi connectivity index (χ0v) is 15.2. The van der Waals surface area contributed by atoms with Gasteiger partial charge in [0.2, 0.25) is 5.91 Å². The molecular formula is C19H28N2O5. The Labute approximate surface area is 154 Å². The van der Waals surface area contributed by atoms with E-state index >= 15 is 0 Å². The molecule has 26 heavy (non-hydrogen) atoms. The lowest BCUT2D eigenvalue weighted by atomic mass is 10.1. The Morgan fingerprint density at radius 1 is 1.27 bits per heavy atom. The monoisotopic (exact) mass is 364 g/mol. The fourth-order valence-corrected chi connectivity index (χ4v) is 2.79. The van der Waals surface area contributed by atoms with Gasteiger partial charge in [-0.3, -0.25) is 19.7 Å². The number of carbonyl (C=O) groups excluding carboxylic acids is 2. The summed E-state index contributed by atoms with van der Waals surface area (Å²) in [4.78, 5) is 34.4. The van der Waals surface area contributed by atoms with Gasteiger partial charge in [0.05, 0.1) is 13.2 Å². The summed E-state index contributed by atoms with van der Waals surface area (Å²) in [5.74, 6) is -0.214. The molecular weight excluding hydrogens is 336 g/mol. The third-order valence-electron chi connectivity index (χ3n) is 4.09. The van der Waals surface area contributed by atoms with Gasteiger partial charge in [0.15, 0.2) is 0 Å². The Kier molecular flexibility index (Phi) is 10.7. The maximum atomic E-state index is 12.1. The topological polar surface area (TPSA) is 95.9 Å². The highest BCUT2D eigenvalue weighted by molar-refractivity contribution is 5.80. The van der Waals surface area contributed by atoms with Crippen LogP contribution in [0.15, 0.2) is 30.3 Å². The van der Waals surface area contributed by atoms with Gasteiger partial charge in [-0.05, 0) is 38.2 Å². The number of amides is 1. The van der Waals surface area contributed by atoms with Crippen LogP contribution in [0.1, 0.15) is 31.7 Å². The minimum atomic E-state index is -0.443. The van der Waals surface area contributed by atoms with Crippen LogP contribution < -0.4 is 5.32 Å². The van der Waals surface area contributed by atoms with Crippen LogP contribution >= 0.6 is 0 Å². The molecule has 1 atom stereocenters.